The van der Waals surface area contributed by atoms with Crippen LogP contribution in [0.2, 0.25) is 0 Å². The highest BCUT2D eigenvalue weighted by atomic mass is 32.1. The number of aryl methyl sites for hydroxylation is 1. The quantitative estimate of drug-likeness (QED) is 0.425. The molecular formula is C23H22N4O2S. The van der Waals surface area contributed by atoms with Crippen LogP contribution in [0.25, 0.3) is 22.6 Å². The van der Waals surface area contributed by atoms with Crippen LogP contribution in [0.4, 0.5) is 5.13 Å². The number of carbonyl (C=O) groups is 1. The second-order valence-corrected chi connectivity index (χ2v) is 8.17. The maximum atomic E-state index is 12.4. The van der Waals surface area contributed by atoms with Crippen LogP contribution in [0.5, 0.6) is 0 Å². The Morgan fingerprint density at radius 3 is 2.30 bits per heavy atom. The highest BCUT2D eigenvalue weighted by Gasteiger charge is 2.18. The van der Waals surface area contributed by atoms with Crippen LogP contribution < -0.4 is 5.32 Å². The monoisotopic (exact) mass is 418 g/mol. The van der Waals surface area contributed by atoms with E-state index in [4.69, 9.17) is 9.40 Å². The maximum absolute atomic E-state index is 12.4. The minimum atomic E-state index is -0.137. The summed E-state index contributed by atoms with van der Waals surface area (Å²) in [7, 11) is 0. The van der Waals surface area contributed by atoms with Crippen molar-refractivity contribution in [2.24, 2.45) is 0 Å². The van der Waals surface area contributed by atoms with Crippen molar-refractivity contribution in [3.63, 3.8) is 0 Å². The lowest BCUT2D eigenvalue weighted by molar-refractivity contribution is -0.116. The zero-order chi connectivity index (χ0) is 20.9. The number of anilines is 1. The lowest BCUT2D eigenvalue weighted by Gasteiger charge is -2.01. The number of hydrogen-bond donors (Lipinski definition) is 1. The van der Waals surface area contributed by atoms with Crippen molar-refractivity contribution in [3.8, 4) is 22.6 Å². The normalized spacial score (nSPS) is 11.0. The van der Waals surface area contributed by atoms with Crippen LogP contribution in [-0.4, -0.2) is 21.1 Å². The Morgan fingerprint density at radius 1 is 1.00 bits per heavy atom. The first-order valence-corrected chi connectivity index (χ1v) is 10.7. The smallest absolute Gasteiger partial charge is 0.226 e. The first-order chi connectivity index (χ1) is 14.6. The molecule has 6 nitrogen and oxygen atoms in total. The van der Waals surface area contributed by atoms with Gasteiger partial charge < -0.3 is 9.73 Å². The topological polar surface area (TPSA) is 80.9 Å². The molecule has 0 unspecified atom stereocenters. The van der Waals surface area contributed by atoms with Crippen LogP contribution in [-0.2, 0) is 11.2 Å². The van der Waals surface area contributed by atoms with Crippen molar-refractivity contribution in [3.05, 3.63) is 71.6 Å². The lowest BCUT2D eigenvalue weighted by Crippen LogP contribution is -2.12. The minimum absolute atomic E-state index is 0.137. The molecule has 0 saturated heterocycles. The van der Waals surface area contributed by atoms with Gasteiger partial charge in [0.15, 0.2) is 11.7 Å². The van der Waals surface area contributed by atoms with Gasteiger partial charge in [-0.25, -0.2) is 4.98 Å². The van der Waals surface area contributed by atoms with Gasteiger partial charge >= 0.3 is 0 Å². The van der Waals surface area contributed by atoms with Crippen LogP contribution >= 0.6 is 11.3 Å². The summed E-state index contributed by atoms with van der Waals surface area (Å²) in [5, 5.41) is 12.3. The van der Waals surface area contributed by atoms with Gasteiger partial charge in [-0.2, -0.15) is 0 Å². The van der Waals surface area contributed by atoms with Crippen molar-refractivity contribution in [1.29, 1.82) is 0 Å². The zero-order valence-electron chi connectivity index (χ0n) is 16.8. The van der Waals surface area contributed by atoms with Gasteiger partial charge in [0.2, 0.25) is 11.0 Å². The third kappa shape index (κ3) is 4.63. The number of nitrogens with zero attached hydrogens (tertiary/aromatic N) is 3. The van der Waals surface area contributed by atoms with Crippen LogP contribution in [0.15, 0.2) is 65.1 Å². The third-order valence-electron chi connectivity index (χ3n) is 4.50. The van der Waals surface area contributed by atoms with Crippen molar-refractivity contribution < 1.29 is 9.21 Å². The van der Waals surface area contributed by atoms with Gasteiger partial charge in [-0.15, -0.1) is 10.2 Å². The van der Waals surface area contributed by atoms with Crippen molar-refractivity contribution >= 4 is 22.4 Å². The summed E-state index contributed by atoms with van der Waals surface area (Å²) in [6.45, 7) is 4.09. The standard InChI is InChI=1S/C23H22N4O2S/c1-15(2)22-26-27-23(30-22)24-18(28)13-14-19-25-20(16-9-5-3-6-10-16)21(29-19)17-11-7-4-8-12-17/h3-12,15H,13-14H2,1-2H3,(H,24,27,28). The summed E-state index contributed by atoms with van der Waals surface area (Å²) < 4.78 is 6.07. The van der Waals surface area contributed by atoms with E-state index >= 15 is 0 Å². The van der Waals surface area contributed by atoms with Gasteiger partial charge in [-0.1, -0.05) is 85.8 Å². The molecule has 0 radical (unpaired) electrons. The first-order valence-electron chi connectivity index (χ1n) is 9.84. The van der Waals surface area contributed by atoms with E-state index in [0.29, 0.717) is 23.2 Å². The molecular weight excluding hydrogens is 396 g/mol. The molecule has 7 heteroatoms. The Hall–Kier alpha value is -3.32. The summed E-state index contributed by atoms with van der Waals surface area (Å²) in [5.74, 6) is 1.39. The third-order valence-corrected chi connectivity index (χ3v) is 5.64. The molecule has 2 heterocycles. The van der Waals surface area contributed by atoms with E-state index in [9.17, 15) is 4.79 Å². The molecule has 2 aromatic heterocycles. The number of hydrogen-bond acceptors (Lipinski definition) is 6. The van der Waals surface area contributed by atoms with Crippen LogP contribution in [0.3, 0.4) is 0 Å². The Balaban J connectivity index is 1.50. The number of aromatic nitrogens is 3. The fourth-order valence-corrected chi connectivity index (χ4v) is 3.73. The number of benzene rings is 2. The highest BCUT2D eigenvalue weighted by Crippen LogP contribution is 2.33. The highest BCUT2D eigenvalue weighted by molar-refractivity contribution is 7.15. The fourth-order valence-electron chi connectivity index (χ4n) is 2.97. The van der Waals surface area contributed by atoms with Crippen molar-refractivity contribution in [2.45, 2.75) is 32.6 Å². The molecule has 2 aromatic carbocycles. The van der Waals surface area contributed by atoms with Gasteiger partial charge in [0.25, 0.3) is 0 Å². The van der Waals surface area contributed by atoms with Crippen LogP contribution in [0, 0.1) is 0 Å². The molecule has 0 spiro atoms. The van der Waals surface area contributed by atoms with E-state index in [1.54, 1.807) is 0 Å². The van der Waals surface area contributed by atoms with E-state index in [1.807, 2.05) is 74.5 Å². The van der Waals surface area contributed by atoms with Crippen molar-refractivity contribution in [1.82, 2.24) is 15.2 Å². The Labute approximate surface area is 179 Å². The summed E-state index contributed by atoms with van der Waals surface area (Å²) in [6.07, 6.45) is 0.647. The van der Waals surface area contributed by atoms with E-state index in [0.717, 1.165) is 21.8 Å². The number of rotatable bonds is 7. The zero-order valence-corrected chi connectivity index (χ0v) is 17.6. The molecule has 4 aromatic rings. The number of carbonyl (C=O) groups excluding carboxylic acids is 1. The molecule has 0 aliphatic heterocycles. The molecule has 0 fully saturated rings. The lowest BCUT2D eigenvalue weighted by atomic mass is 10.1. The molecule has 0 saturated carbocycles. The molecule has 0 atom stereocenters. The van der Waals surface area contributed by atoms with E-state index in [-0.39, 0.29) is 18.2 Å². The average Bonchev–Trinajstić information content (AvgIpc) is 3.41. The van der Waals surface area contributed by atoms with Crippen LogP contribution in [0.1, 0.15) is 37.1 Å². The Morgan fingerprint density at radius 2 is 1.67 bits per heavy atom. The van der Waals surface area contributed by atoms with E-state index in [2.05, 4.69) is 15.5 Å². The molecule has 0 bridgehead atoms. The van der Waals surface area contributed by atoms with Gasteiger partial charge in [0.1, 0.15) is 10.7 Å². The molecule has 152 valence electrons. The number of nitrogens with one attached hydrogen (secondary N) is 1. The van der Waals surface area contributed by atoms with E-state index in [1.165, 1.54) is 11.3 Å². The van der Waals surface area contributed by atoms with Gasteiger partial charge in [0.05, 0.1) is 0 Å². The number of amides is 1. The Kier molecular flexibility index (Phi) is 5.99. The first kappa shape index (κ1) is 20.0. The van der Waals surface area contributed by atoms with Gasteiger partial charge in [-0.05, 0) is 0 Å². The summed E-state index contributed by atoms with van der Waals surface area (Å²) in [5.41, 5.74) is 2.71. The molecule has 0 aliphatic carbocycles. The van der Waals surface area contributed by atoms with E-state index < -0.39 is 0 Å². The fraction of sp³-hybridized carbons (Fsp3) is 0.217. The maximum Gasteiger partial charge on any atom is 0.226 e. The molecule has 0 aliphatic rings. The number of oxazole rings is 1. The predicted octanol–water partition coefficient (Wildman–Crippen LogP) is 5.55. The summed E-state index contributed by atoms with van der Waals surface area (Å²) in [4.78, 5) is 17.0. The molecule has 1 N–H and O–H groups in total. The minimum Gasteiger partial charge on any atom is -0.440 e. The van der Waals surface area contributed by atoms with Crippen molar-refractivity contribution in [2.75, 3.05) is 5.32 Å². The van der Waals surface area contributed by atoms with Gasteiger partial charge in [0, 0.05) is 29.9 Å². The molecule has 1 amide bonds. The summed E-state index contributed by atoms with van der Waals surface area (Å²) >= 11 is 1.40. The van der Waals surface area contributed by atoms with Gasteiger partial charge in [-0.3, -0.25) is 4.79 Å². The second kappa shape index (κ2) is 9.00. The predicted molar refractivity (Wildman–Crippen MR) is 118 cm³/mol. The Bertz CT molecular complexity index is 1060. The summed E-state index contributed by atoms with van der Waals surface area (Å²) in [6, 6.07) is 19.8. The molecule has 30 heavy (non-hydrogen) atoms. The molecule has 4 rings (SSSR count). The average molecular weight is 419 g/mol. The second-order valence-electron chi connectivity index (χ2n) is 7.17. The largest absolute Gasteiger partial charge is 0.440 e. The SMILES string of the molecule is CC(C)c1nnc(NC(=O)CCc2nc(-c3ccccc3)c(-c3ccccc3)o2)s1.